The summed E-state index contributed by atoms with van der Waals surface area (Å²) in [6.45, 7) is 2.28. The predicted octanol–water partition coefficient (Wildman–Crippen LogP) is 3.08. The monoisotopic (exact) mass is 291 g/mol. The first-order valence-electron chi connectivity index (χ1n) is 7.47. The van der Waals surface area contributed by atoms with Crippen molar-refractivity contribution in [2.75, 3.05) is 12.3 Å². The highest BCUT2D eigenvalue weighted by molar-refractivity contribution is 5.82. The number of unbranched alkanes of at least 4 members (excludes halogenated alkanes) is 1. The number of benzene rings is 1. The number of aliphatic hydroxyl groups is 1. The highest BCUT2D eigenvalue weighted by Gasteiger charge is 2.13. The fraction of sp³-hybridized carbons (Fsp3) is 0.500. The molecule has 2 rings (SSSR count). The summed E-state index contributed by atoms with van der Waals surface area (Å²) in [5, 5.41) is 9.87. The van der Waals surface area contributed by atoms with Crippen molar-refractivity contribution in [2.45, 2.75) is 39.0 Å². The third-order valence-electron chi connectivity index (χ3n) is 3.78. The number of halogens is 1. The summed E-state index contributed by atoms with van der Waals surface area (Å²) in [4.78, 5) is 8.27. The highest BCUT2D eigenvalue weighted by atomic mass is 19.1. The van der Waals surface area contributed by atoms with Crippen molar-refractivity contribution in [3.05, 3.63) is 29.7 Å². The molecule has 4 nitrogen and oxygen atoms in total. The summed E-state index contributed by atoms with van der Waals surface area (Å²) in [7, 11) is 0. The van der Waals surface area contributed by atoms with Gasteiger partial charge in [-0.1, -0.05) is 25.8 Å². The van der Waals surface area contributed by atoms with E-state index in [1.54, 1.807) is 12.1 Å². The molecular weight excluding hydrogens is 269 g/mol. The van der Waals surface area contributed by atoms with E-state index in [0.717, 1.165) is 25.7 Å². The quantitative estimate of drug-likeness (QED) is 0.822. The molecule has 1 heterocycles. The van der Waals surface area contributed by atoms with Crippen LogP contribution in [0.25, 0.3) is 10.9 Å². The Labute approximate surface area is 124 Å². The molecule has 0 bridgehead atoms. The largest absolute Gasteiger partial charge is 0.396 e. The molecule has 3 N–H and O–H groups in total. The number of aliphatic hydroxyl groups excluding tert-OH is 1. The molecule has 0 radical (unpaired) electrons. The molecule has 1 aromatic carbocycles. The van der Waals surface area contributed by atoms with E-state index in [1.165, 1.54) is 6.07 Å². The van der Waals surface area contributed by atoms with E-state index in [9.17, 15) is 9.50 Å². The van der Waals surface area contributed by atoms with Gasteiger partial charge < -0.3 is 10.8 Å². The maximum absolute atomic E-state index is 14.0. The summed E-state index contributed by atoms with van der Waals surface area (Å²) in [6, 6.07) is 4.76. The average Bonchev–Trinajstić information content (AvgIpc) is 2.47. The van der Waals surface area contributed by atoms with Crippen LogP contribution in [-0.2, 0) is 6.42 Å². The van der Waals surface area contributed by atoms with Gasteiger partial charge in [0.05, 0.1) is 16.6 Å². The van der Waals surface area contributed by atoms with Crippen molar-refractivity contribution in [3.8, 4) is 0 Å². The third kappa shape index (κ3) is 3.88. The molecule has 1 aromatic heterocycles. The number of nitrogens with zero attached hydrogens (tertiary/aromatic N) is 2. The normalized spacial score (nSPS) is 12.7. The van der Waals surface area contributed by atoms with Crippen molar-refractivity contribution in [1.82, 2.24) is 9.97 Å². The Bertz CT molecular complexity index is 603. The molecule has 0 unspecified atom stereocenters. The van der Waals surface area contributed by atoms with Gasteiger partial charge in [-0.2, -0.15) is 0 Å². The zero-order valence-electron chi connectivity index (χ0n) is 12.3. The number of nitrogen functional groups attached to an aromatic ring is 1. The molecule has 0 amide bonds. The topological polar surface area (TPSA) is 72.0 Å². The standard InChI is InChI=1S/C16H22FN3O/c1-2-3-5-11(10-21)8-9-14-15-12(17)6-4-7-13(15)19-16(18)20-14/h4,6-7,11,21H,2-3,5,8-10H2,1H3,(H2,18,19,20)/t11-/m0/s1. The Morgan fingerprint density at radius 2 is 2.10 bits per heavy atom. The number of fused-ring (bicyclic) bond motifs is 1. The van der Waals surface area contributed by atoms with Crippen molar-refractivity contribution >= 4 is 16.9 Å². The van der Waals surface area contributed by atoms with E-state index in [-0.39, 0.29) is 24.3 Å². The first-order chi connectivity index (χ1) is 10.2. The van der Waals surface area contributed by atoms with E-state index in [4.69, 9.17) is 5.73 Å². The zero-order chi connectivity index (χ0) is 15.2. The Hall–Kier alpha value is -1.75. The van der Waals surface area contributed by atoms with Gasteiger partial charge in [0.25, 0.3) is 0 Å². The number of hydrogen-bond acceptors (Lipinski definition) is 4. The van der Waals surface area contributed by atoms with Crippen molar-refractivity contribution < 1.29 is 9.50 Å². The number of anilines is 1. The van der Waals surface area contributed by atoms with E-state index < -0.39 is 0 Å². The number of aromatic nitrogens is 2. The molecule has 0 fully saturated rings. The van der Waals surface area contributed by atoms with E-state index in [0.29, 0.717) is 23.0 Å². The number of nitrogens with two attached hydrogens (primary N) is 1. The van der Waals surface area contributed by atoms with Gasteiger partial charge in [0.15, 0.2) is 0 Å². The van der Waals surface area contributed by atoms with Gasteiger partial charge in [-0.05, 0) is 37.3 Å². The Kier molecular flexibility index (Phi) is 5.44. The van der Waals surface area contributed by atoms with Gasteiger partial charge in [0, 0.05) is 6.61 Å². The summed E-state index contributed by atoms with van der Waals surface area (Å²) >= 11 is 0. The van der Waals surface area contributed by atoms with Crippen LogP contribution in [0, 0.1) is 11.7 Å². The zero-order valence-corrected chi connectivity index (χ0v) is 12.3. The lowest BCUT2D eigenvalue weighted by molar-refractivity contribution is 0.208. The van der Waals surface area contributed by atoms with Crippen LogP contribution in [0.3, 0.4) is 0 Å². The lowest BCUT2D eigenvalue weighted by atomic mass is 9.96. The third-order valence-corrected chi connectivity index (χ3v) is 3.78. The number of aryl methyl sites for hydroxylation is 1. The van der Waals surface area contributed by atoms with Gasteiger partial charge in [-0.15, -0.1) is 0 Å². The van der Waals surface area contributed by atoms with Gasteiger partial charge >= 0.3 is 0 Å². The minimum Gasteiger partial charge on any atom is -0.396 e. The SMILES string of the molecule is CCCC[C@H](CO)CCc1nc(N)nc2cccc(F)c12. The van der Waals surface area contributed by atoms with Crippen LogP contribution in [0.2, 0.25) is 0 Å². The van der Waals surface area contributed by atoms with Crippen LogP contribution in [0.15, 0.2) is 18.2 Å². The molecule has 21 heavy (non-hydrogen) atoms. The van der Waals surface area contributed by atoms with Crippen LogP contribution in [-0.4, -0.2) is 21.7 Å². The second kappa shape index (κ2) is 7.31. The summed E-state index contributed by atoms with van der Waals surface area (Å²) < 4.78 is 14.0. The van der Waals surface area contributed by atoms with E-state index in [2.05, 4.69) is 16.9 Å². The van der Waals surface area contributed by atoms with Crippen LogP contribution < -0.4 is 5.73 Å². The Balaban J connectivity index is 2.21. The summed E-state index contributed by atoms with van der Waals surface area (Å²) in [5.74, 6) is 0.0665. The second-order valence-electron chi connectivity index (χ2n) is 5.39. The Morgan fingerprint density at radius 1 is 1.29 bits per heavy atom. The molecule has 1 atom stereocenters. The first kappa shape index (κ1) is 15.6. The van der Waals surface area contributed by atoms with Gasteiger partial charge in [0.2, 0.25) is 5.95 Å². The molecule has 0 aliphatic heterocycles. The molecule has 0 saturated carbocycles. The minimum absolute atomic E-state index is 0.154. The van der Waals surface area contributed by atoms with Crippen molar-refractivity contribution in [3.63, 3.8) is 0 Å². The van der Waals surface area contributed by atoms with Crippen molar-refractivity contribution in [1.29, 1.82) is 0 Å². The van der Waals surface area contributed by atoms with E-state index >= 15 is 0 Å². The lowest BCUT2D eigenvalue weighted by Crippen LogP contribution is -2.09. The predicted molar refractivity (Wildman–Crippen MR) is 82.3 cm³/mol. The molecule has 2 aromatic rings. The van der Waals surface area contributed by atoms with Gasteiger partial charge in [0.1, 0.15) is 5.82 Å². The number of rotatable bonds is 7. The van der Waals surface area contributed by atoms with Crippen LogP contribution in [0.4, 0.5) is 10.3 Å². The fourth-order valence-corrected chi connectivity index (χ4v) is 2.58. The molecule has 0 aliphatic rings. The molecular formula is C16H22FN3O. The molecule has 0 saturated heterocycles. The maximum Gasteiger partial charge on any atom is 0.220 e. The number of hydrogen-bond donors (Lipinski definition) is 2. The van der Waals surface area contributed by atoms with Crippen molar-refractivity contribution in [2.24, 2.45) is 5.92 Å². The molecule has 5 heteroatoms. The molecule has 114 valence electrons. The average molecular weight is 291 g/mol. The lowest BCUT2D eigenvalue weighted by Gasteiger charge is -2.14. The van der Waals surface area contributed by atoms with Crippen LogP contribution in [0.5, 0.6) is 0 Å². The minimum atomic E-state index is -0.323. The van der Waals surface area contributed by atoms with Crippen LogP contribution in [0.1, 0.15) is 38.3 Å². The fourth-order valence-electron chi connectivity index (χ4n) is 2.58. The van der Waals surface area contributed by atoms with Gasteiger partial charge in [-0.3, -0.25) is 0 Å². The maximum atomic E-state index is 14.0. The summed E-state index contributed by atoms with van der Waals surface area (Å²) in [6.07, 6.45) is 4.55. The van der Waals surface area contributed by atoms with E-state index in [1.807, 2.05) is 0 Å². The summed E-state index contributed by atoms with van der Waals surface area (Å²) in [5.41, 5.74) is 6.86. The Morgan fingerprint density at radius 3 is 2.81 bits per heavy atom. The smallest absolute Gasteiger partial charge is 0.220 e. The first-order valence-corrected chi connectivity index (χ1v) is 7.47. The molecule has 0 aliphatic carbocycles. The van der Waals surface area contributed by atoms with Crippen LogP contribution >= 0.6 is 0 Å². The second-order valence-corrected chi connectivity index (χ2v) is 5.39. The van der Waals surface area contributed by atoms with Gasteiger partial charge in [-0.25, -0.2) is 14.4 Å². The highest BCUT2D eigenvalue weighted by Crippen LogP contribution is 2.23. The molecule has 0 spiro atoms.